The van der Waals surface area contributed by atoms with Crippen molar-refractivity contribution >= 4 is 0 Å². The maximum absolute atomic E-state index is 10.4. The molecule has 2 aromatic rings. The van der Waals surface area contributed by atoms with Crippen molar-refractivity contribution in [3.63, 3.8) is 0 Å². The number of aryl methyl sites for hydroxylation is 1. The second-order valence-electron chi connectivity index (χ2n) is 6.02. The fourth-order valence-corrected chi connectivity index (χ4v) is 2.73. The number of hydrogen-bond acceptors (Lipinski definition) is 4. The van der Waals surface area contributed by atoms with Crippen LogP contribution in [0.2, 0.25) is 0 Å². The van der Waals surface area contributed by atoms with Gasteiger partial charge in [0.1, 0.15) is 0 Å². The maximum Gasteiger partial charge on any atom is 0.0730 e. The van der Waals surface area contributed by atoms with Gasteiger partial charge in [0, 0.05) is 23.8 Å². The molecule has 2 rings (SSSR count). The first kappa shape index (κ1) is 17.7. The normalized spacial score (nSPS) is 14.0. The fourth-order valence-electron chi connectivity index (χ4n) is 2.73. The van der Waals surface area contributed by atoms with E-state index < -0.39 is 6.10 Å². The predicted molar refractivity (Wildman–Crippen MR) is 91.2 cm³/mol. The predicted octanol–water partition coefficient (Wildman–Crippen LogP) is 1.57. The maximum atomic E-state index is 10.4. The highest BCUT2D eigenvalue weighted by molar-refractivity contribution is 5.24. The van der Waals surface area contributed by atoms with Gasteiger partial charge < -0.3 is 15.5 Å². The second-order valence-corrected chi connectivity index (χ2v) is 6.02. The van der Waals surface area contributed by atoms with Crippen LogP contribution in [-0.2, 0) is 19.5 Å². The van der Waals surface area contributed by atoms with E-state index in [9.17, 15) is 5.11 Å². The Morgan fingerprint density at radius 3 is 2.57 bits per heavy atom. The van der Waals surface area contributed by atoms with Crippen LogP contribution >= 0.6 is 0 Å². The van der Waals surface area contributed by atoms with Crippen molar-refractivity contribution < 1.29 is 10.2 Å². The number of benzene rings is 1. The van der Waals surface area contributed by atoms with Gasteiger partial charge in [-0.05, 0) is 32.8 Å². The largest absolute Gasteiger partial charge is 0.394 e. The van der Waals surface area contributed by atoms with Crippen LogP contribution in [0.4, 0.5) is 0 Å². The number of rotatable bonds is 8. The Balaban J connectivity index is 1.92. The van der Waals surface area contributed by atoms with Crippen LogP contribution in [-0.4, -0.2) is 38.7 Å². The monoisotopic (exact) mass is 317 g/mol. The van der Waals surface area contributed by atoms with E-state index in [2.05, 4.69) is 10.4 Å². The van der Waals surface area contributed by atoms with E-state index in [1.54, 1.807) is 0 Å². The van der Waals surface area contributed by atoms with Crippen LogP contribution in [0.3, 0.4) is 0 Å². The molecule has 0 fully saturated rings. The topological polar surface area (TPSA) is 70.3 Å². The molecule has 2 unspecified atom stereocenters. The summed E-state index contributed by atoms with van der Waals surface area (Å²) >= 11 is 0. The zero-order valence-corrected chi connectivity index (χ0v) is 14.2. The van der Waals surface area contributed by atoms with Crippen LogP contribution < -0.4 is 5.32 Å². The average Bonchev–Trinajstić information content (AvgIpc) is 2.80. The molecule has 1 heterocycles. The summed E-state index contributed by atoms with van der Waals surface area (Å²) < 4.78 is 1.83. The molecule has 0 spiro atoms. The Kier molecular flexibility index (Phi) is 6.33. The summed E-state index contributed by atoms with van der Waals surface area (Å²) in [6, 6.07) is 10.00. The first-order valence-electron chi connectivity index (χ1n) is 8.12. The molecular weight excluding hydrogens is 290 g/mol. The molecule has 5 heteroatoms. The molecule has 1 aromatic carbocycles. The van der Waals surface area contributed by atoms with Gasteiger partial charge in [0.2, 0.25) is 0 Å². The molecule has 0 amide bonds. The summed E-state index contributed by atoms with van der Waals surface area (Å²) in [6.07, 6.45) is 0.196. The van der Waals surface area contributed by atoms with Gasteiger partial charge >= 0.3 is 0 Å². The highest BCUT2D eigenvalue weighted by Gasteiger charge is 2.17. The smallest absolute Gasteiger partial charge is 0.0730 e. The molecule has 2 atom stereocenters. The summed E-state index contributed by atoms with van der Waals surface area (Å²) in [7, 11) is 0. The van der Waals surface area contributed by atoms with E-state index in [0.29, 0.717) is 19.5 Å². The Hall–Kier alpha value is -1.69. The van der Waals surface area contributed by atoms with Gasteiger partial charge in [0.05, 0.1) is 24.9 Å². The second kappa shape index (κ2) is 8.24. The number of aliphatic hydroxyl groups is 2. The summed E-state index contributed by atoms with van der Waals surface area (Å²) in [6.45, 7) is 7.24. The van der Waals surface area contributed by atoms with Crippen LogP contribution in [0.1, 0.15) is 29.4 Å². The quantitative estimate of drug-likeness (QED) is 0.691. The minimum Gasteiger partial charge on any atom is -0.394 e. The molecule has 0 aliphatic rings. The zero-order valence-electron chi connectivity index (χ0n) is 14.2. The zero-order chi connectivity index (χ0) is 16.8. The van der Waals surface area contributed by atoms with Crippen LogP contribution in [0.25, 0.3) is 0 Å². The van der Waals surface area contributed by atoms with E-state index in [0.717, 1.165) is 22.5 Å². The molecule has 0 radical (unpaired) electrons. The summed E-state index contributed by atoms with van der Waals surface area (Å²) in [5.74, 6) is 0. The summed E-state index contributed by atoms with van der Waals surface area (Å²) in [4.78, 5) is 0. The summed E-state index contributed by atoms with van der Waals surface area (Å²) in [5, 5.41) is 27.3. The number of aliphatic hydroxyl groups excluding tert-OH is 2. The molecule has 126 valence electrons. The fraction of sp³-hybridized carbons (Fsp3) is 0.500. The van der Waals surface area contributed by atoms with Crippen molar-refractivity contribution in [2.24, 2.45) is 0 Å². The van der Waals surface area contributed by atoms with Crippen molar-refractivity contribution in [1.29, 1.82) is 0 Å². The van der Waals surface area contributed by atoms with Gasteiger partial charge in [0.25, 0.3) is 0 Å². The van der Waals surface area contributed by atoms with Crippen LogP contribution in [0, 0.1) is 13.8 Å². The van der Waals surface area contributed by atoms with Gasteiger partial charge in [-0.2, -0.15) is 5.10 Å². The minimum absolute atomic E-state index is 0.0183. The van der Waals surface area contributed by atoms with Crippen molar-refractivity contribution in [3.05, 3.63) is 52.8 Å². The highest BCUT2D eigenvalue weighted by Crippen LogP contribution is 2.14. The van der Waals surface area contributed by atoms with Crippen molar-refractivity contribution in [3.8, 4) is 0 Å². The Morgan fingerprint density at radius 1 is 1.22 bits per heavy atom. The number of nitrogens with zero attached hydrogens (tertiary/aromatic N) is 2. The van der Waals surface area contributed by atoms with E-state index in [1.165, 1.54) is 0 Å². The Labute approximate surface area is 138 Å². The lowest BCUT2D eigenvalue weighted by atomic mass is 10.0. The molecule has 0 saturated carbocycles. The van der Waals surface area contributed by atoms with Crippen LogP contribution in [0.15, 0.2) is 30.3 Å². The number of hydrogen-bond donors (Lipinski definition) is 3. The molecule has 1 aromatic heterocycles. The lowest BCUT2D eigenvalue weighted by molar-refractivity contribution is 0.134. The Bertz CT molecular complexity index is 610. The lowest BCUT2D eigenvalue weighted by Crippen LogP contribution is -2.38. The van der Waals surface area contributed by atoms with Crippen LogP contribution in [0.5, 0.6) is 0 Å². The van der Waals surface area contributed by atoms with Gasteiger partial charge in [-0.25, -0.2) is 0 Å². The molecule has 3 N–H and O–H groups in total. The highest BCUT2D eigenvalue weighted by atomic mass is 16.3. The molecule has 0 saturated heterocycles. The third kappa shape index (κ3) is 4.64. The third-order valence-corrected chi connectivity index (χ3v) is 4.31. The van der Waals surface area contributed by atoms with E-state index in [1.807, 2.05) is 55.8 Å². The van der Waals surface area contributed by atoms with Gasteiger partial charge in [-0.1, -0.05) is 30.3 Å². The Morgan fingerprint density at radius 2 is 1.91 bits per heavy atom. The molecular formula is C18H27N3O2. The number of aromatic nitrogens is 2. The van der Waals surface area contributed by atoms with Gasteiger partial charge in [-0.3, -0.25) is 4.68 Å². The third-order valence-electron chi connectivity index (χ3n) is 4.31. The molecule has 23 heavy (non-hydrogen) atoms. The van der Waals surface area contributed by atoms with E-state index in [4.69, 9.17) is 5.11 Å². The summed E-state index contributed by atoms with van der Waals surface area (Å²) in [5.41, 5.74) is 4.30. The number of nitrogens with one attached hydrogen (secondary N) is 1. The minimum atomic E-state index is -0.439. The van der Waals surface area contributed by atoms with Gasteiger partial charge in [-0.15, -0.1) is 0 Å². The lowest BCUT2D eigenvalue weighted by Gasteiger charge is -2.20. The van der Waals surface area contributed by atoms with Crippen molar-refractivity contribution in [2.75, 3.05) is 6.61 Å². The first-order valence-corrected chi connectivity index (χ1v) is 8.12. The van der Waals surface area contributed by atoms with Crippen molar-refractivity contribution in [2.45, 2.75) is 52.4 Å². The SMILES string of the molecule is Cc1nn(CCO)c(C)c1CNC(C)C(O)Cc1ccccc1. The van der Waals surface area contributed by atoms with Crippen molar-refractivity contribution in [1.82, 2.24) is 15.1 Å². The van der Waals surface area contributed by atoms with E-state index in [-0.39, 0.29) is 12.6 Å². The molecule has 0 bridgehead atoms. The molecule has 0 aliphatic carbocycles. The van der Waals surface area contributed by atoms with E-state index >= 15 is 0 Å². The molecule has 5 nitrogen and oxygen atoms in total. The molecule has 0 aliphatic heterocycles. The average molecular weight is 317 g/mol. The first-order chi connectivity index (χ1) is 11.0. The van der Waals surface area contributed by atoms with Gasteiger partial charge in [0.15, 0.2) is 0 Å². The standard InChI is InChI=1S/C18H27N3O2/c1-13-17(15(3)21(20-13)9-10-22)12-19-14(2)18(23)11-16-7-5-4-6-8-16/h4-8,14,18-19,22-23H,9-12H2,1-3H3.